The first-order valence-electron chi connectivity index (χ1n) is 3.66. The first kappa shape index (κ1) is 11.9. The van der Waals surface area contributed by atoms with Gasteiger partial charge in [0.2, 0.25) is 5.56 Å². The minimum absolute atomic E-state index is 0.510. The Balaban J connectivity index is 3.60. The van der Waals surface area contributed by atoms with E-state index in [-0.39, 0.29) is 0 Å². The van der Waals surface area contributed by atoms with Crippen LogP contribution in [-0.2, 0) is 6.18 Å². The quantitative estimate of drug-likeness (QED) is 0.581. The highest BCUT2D eigenvalue weighted by molar-refractivity contribution is 5.54. The first-order chi connectivity index (χ1) is 7.25. The third kappa shape index (κ3) is 2.07. The number of hydrogen-bond acceptors (Lipinski definition) is 4. The molecule has 0 fully saturated rings. The van der Waals surface area contributed by atoms with Crippen LogP contribution in [0.2, 0.25) is 0 Å². The Morgan fingerprint density at radius 3 is 2.12 bits per heavy atom. The summed E-state index contributed by atoms with van der Waals surface area (Å²) >= 11 is 0. The van der Waals surface area contributed by atoms with Crippen molar-refractivity contribution in [1.29, 1.82) is 0 Å². The largest absolute Gasteiger partial charge is 0.429 e. The topological polar surface area (TPSA) is 86.3 Å². The number of nitro benzene ring substituents is 2. The second kappa shape index (κ2) is 3.76. The lowest BCUT2D eigenvalue weighted by atomic mass is 10.1. The molecule has 1 rings (SSSR count). The zero-order valence-electron chi connectivity index (χ0n) is 7.32. The highest BCUT2D eigenvalue weighted by Gasteiger charge is 2.45. The minimum Gasteiger partial charge on any atom is -0.258 e. The van der Waals surface area contributed by atoms with E-state index in [1.54, 1.807) is 6.07 Å². The van der Waals surface area contributed by atoms with Crippen molar-refractivity contribution in [2.75, 3.05) is 0 Å². The number of nitrogens with zero attached hydrogens (tertiary/aromatic N) is 2. The van der Waals surface area contributed by atoms with E-state index >= 15 is 0 Å². The molecule has 1 radical (unpaired) electrons. The zero-order chi connectivity index (χ0) is 12.5. The number of rotatable bonds is 2. The number of halogens is 3. The molecule has 0 aliphatic heterocycles. The summed E-state index contributed by atoms with van der Waals surface area (Å²) in [7, 11) is 0. The molecule has 0 saturated carbocycles. The van der Waals surface area contributed by atoms with Gasteiger partial charge in [0.25, 0.3) is 11.4 Å². The van der Waals surface area contributed by atoms with Gasteiger partial charge >= 0.3 is 6.18 Å². The Hall–Kier alpha value is -2.19. The average molecular weight is 235 g/mol. The van der Waals surface area contributed by atoms with Gasteiger partial charge in [-0.15, -0.1) is 0 Å². The van der Waals surface area contributed by atoms with E-state index in [9.17, 15) is 33.4 Å². The van der Waals surface area contributed by atoms with E-state index in [0.717, 1.165) is 0 Å². The van der Waals surface area contributed by atoms with Crippen molar-refractivity contribution in [2.24, 2.45) is 0 Å². The average Bonchev–Trinajstić information content (AvgIpc) is 2.15. The van der Waals surface area contributed by atoms with Crippen LogP contribution in [0.25, 0.3) is 0 Å². The second-order valence-corrected chi connectivity index (χ2v) is 2.60. The van der Waals surface area contributed by atoms with Crippen LogP contribution >= 0.6 is 0 Å². The van der Waals surface area contributed by atoms with Crippen molar-refractivity contribution in [1.82, 2.24) is 0 Å². The van der Waals surface area contributed by atoms with Crippen LogP contribution in [-0.4, -0.2) is 9.85 Å². The van der Waals surface area contributed by atoms with Gasteiger partial charge in [-0.05, 0) is 6.07 Å². The summed E-state index contributed by atoms with van der Waals surface area (Å²) in [5.74, 6) is 0. The maximum absolute atomic E-state index is 12.4. The Bertz CT molecular complexity index is 425. The second-order valence-electron chi connectivity index (χ2n) is 2.60. The summed E-state index contributed by atoms with van der Waals surface area (Å²) < 4.78 is 37.2. The van der Waals surface area contributed by atoms with Crippen LogP contribution in [0.1, 0.15) is 5.56 Å². The van der Waals surface area contributed by atoms with Crippen LogP contribution < -0.4 is 0 Å². The number of nitro groups is 2. The van der Waals surface area contributed by atoms with E-state index in [1.165, 1.54) is 0 Å². The van der Waals surface area contributed by atoms with Gasteiger partial charge in [-0.2, -0.15) is 13.2 Å². The maximum Gasteiger partial charge on any atom is 0.429 e. The molecule has 0 heterocycles. The third-order valence-electron chi connectivity index (χ3n) is 1.62. The van der Waals surface area contributed by atoms with Gasteiger partial charge in [0.15, 0.2) is 0 Å². The van der Waals surface area contributed by atoms with E-state index in [1.807, 2.05) is 0 Å². The highest BCUT2D eigenvalue weighted by atomic mass is 19.4. The van der Waals surface area contributed by atoms with Crippen molar-refractivity contribution in [2.45, 2.75) is 6.18 Å². The van der Waals surface area contributed by atoms with Crippen LogP contribution in [0, 0.1) is 26.3 Å². The molecule has 0 N–H and O–H groups in total. The van der Waals surface area contributed by atoms with E-state index in [2.05, 4.69) is 0 Å². The predicted molar refractivity (Wildman–Crippen MR) is 43.6 cm³/mol. The number of hydrogen-bond donors (Lipinski definition) is 0. The fraction of sp³-hybridized carbons (Fsp3) is 0.143. The molecule has 0 atom stereocenters. The third-order valence-corrected chi connectivity index (χ3v) is 1.62. The predicted octanol–water partition coefficient (Wildman–Crippen LogP) is 2.32. The zero-order valence-corrected chi connectivity index (χ0v) is 7.32. The van der Waals surface area contributed by atoms with E-state index in [4.69, 9.17) is 0 Å². The molecule has 0 aliphatic rings. The van der Waals surface area contributed by atoms with Crippen molar-refractivity contribution < 1.29 is 23.0 Å². The molecular weight excluding hydrogens is 233 g/mol. The smallest absolute Gasteiger partial charge is 0.258 e. The summed E-state index contributed by atoms with van der Waals surface area (Å²) in [5, 5.41) is 20.6. The lowest BCUT2D eigenvalue weighted by molar-refractivity contribution is -0.400. The summed E-state index contributed by atoms with van der Waals surface area (Å²) in [6.07, 6.45) is -5.18. The Labute approximate surface area is 85.6 Å². The van der Waals surface area contributed by atoms with Crippen molar-refractivity contribution in [3.05, 3.63) is 44.0 Å². The van der Waals surface area contributed by atoms with Gasteiger partial charge < -0.3 is 0 Å². The Morgan fingerprint density at radius 2 is 1.75 bits per heavy atom. The molecule has 85 valence electrons. The fourth-order valence-electron chi connectivity index (χ4n) is 1.05. The maximum atomic E-state index is 12.4. The van der Waals surface area contributed by atoms with E-state index < -0.39 is 33.0 Å². The molecule has 0 aliphatic carbocycles. The van der Waals surface area contributed by atoms with Gasteiger partial charge in [0.1, 0.15) is 0 Å². The normalized spacial score (nSPS) is 11.2. The standard InChI is InChI=1S/C7H2F3N2O4/c8-7(9,10)6-4(11(13)14)2-1-3-5(6)12(15)16/h1-2H. The lowest BCUT2D eigenvalue weighted by Crippen LogP contribution is -2.12. The molecular formula is C7H2F3N2O4. The molecule has 0 aromatic heterocycles. The van der Waals surface area contributed by atoms with Crippen LogP contribution in [0.4, 0.5) is 24.5 Å². The monoisotopic (exact) mass is 235 g/mol. The fourth-order valence-corrected chi connectivity index (χ4v) is 1.05. The SMILES string of the molecule is O=[N+]([O-])c1[c]ccc([N+](=O)[O-])c1C(F)(F)F. The van der Waals surface area contributed by atoms with Crippen LogP contribution in [0.3, 0.4) is 0 Å². The van der Waals surface area contributed by atoms with Gasteiger partial charge in [-0.1, -0.05) is 0 Å². The summed E-state index contributed by atoms with van der Waals surface area (Å²) in [5.41, 5.74) is -4.72. The summed E-state index contributed by atoms with van der Waals surface area (Å²) in [6, 6.07) is 2.92. The van der Waals surface area contributed by atoms with Crippen molar-refractivity contribution >= 4 is 11.4 Å². The van der Waals surface area contributed by atoms with Gasteiger partial charge in [0.05, 0.1) is 15.9 Å². The van der Waals surface area contributed by atoms with Gasteiger partial charge in [-0.25, -0.2) is 0 Å². The van der Waals surface area contributed by atoms with Crippen LogP contribution in [0.15, 0.2) is 12.1 Å². The van der Waals surface area contributed by atoms with Gasteiger partial charge in [0, 0.05) is 6.07 Å². The molecule has 6 nitrogen and oxygen atoms in total. The van der Waals surface area contributed by atoms with Crippen molar-refractivity contribution in [3.8, 4) is 0 Å². The lowest BCUT2D eigenvalue weighted by Gasteiger charge is -2.06. The molecule has 0 spiro atoms. The molecule has 1 aromatic rings. The summed E-state index contributed by atoms with van der Waals surface area (Å²) in [4.78, 5) is 17.9. The van der Waals surface area contributed by atoms with E-state index in [0.29, 0.717) is 12.1 Å². The Kier molecular flexibility index (Phi) is 2.79. The van der Waals surface area contributed by atoms with Crippen LogP contribution in [0.5, 0.6) is 0 Å². The van der Waals surface area contributed by atoms with Crippen molar-refractivity contribution in [3.63, 3.8) is 0 Å². The molecule has 0 saturated heterocycles. The molecule has 0 amide bonds. The molecule has 9 heteroatoms. The van der Waals surface area contributed by atoms with Gasteiger partial charge in [-0.3, -0.25) is 20.2 Å². The number of alkyl halides is 3. The number of benzene rings is 1. The first-order valence-corrected chi connectivity index (χ1v) is 3.66. The molecule has 16 heavy (non-hydrogen) atoms. The highest BCUT2D eigenvalue weighted by Crippen LogP contribution is 2.41. The minimum atomic E-state index is -5.18. The molecule has 1 aromatic carbocycles. The molecule has 0 bridgehead atoms. The molecule has 0 unspecified atom stereocenters. The Morgan fingerprint density at radius 1 is 1.19 bits per heavy atom. The summed E-state index contributed by atoms with van der Waals surface area (Å²) in [6.45, 7) is 0.